The highest BCUT2D eigenvalue weighted by Gasteiger charge is 2.27. The zero-order valence-electron chi connectivity index (χ0n) is 16.6. The Bertz CT molecular complexity index is 874. The SMILES string of the molecule is COc1ccc(C(C#N)N2CCN(C(=O)Cc3ccc(OC(F)F)cc3)CC2)cc1. The summed E-state index contributed by atoms with van der Waals surface area (Å²) in [6.07, 6.45) is 0.190. The molecular formula is C22H23F2N3O3. The number of hydrogen-bond donors (Lipinski definition) is 0. The monoisotopic (exact) mass is 415 g/mol. The summed E-state index contributed by atoms with van der Waals surface area (Å²) in [6, 6.07) is 15.5. The van der Waals surface area contributed by atoms with Gasteiger partial charge in [-0.05, 0) is 35.4 Å². The second kappa shape index (κ2) is 10.0. The maximum atomic E-state index is 12.6. The maximum absolute atomic E-state index is 12.6. The molecule has 1 aliphatic heterocycles. The molecule has 0 bridgehead atoms. The summed E-state index contributed by atoms with van der Waals surface area (Å²) in [5.74, 6) is 0.769. The van der Waals surface area contributed by atoms with Gasteiger partial charge in [0.2, 0.25) is 5.91 Å². The fraction of sp³-hybridized carbons (Fsp3) is 0.364. The van der Waals surface area contributed by atoms with Crippen molar-refractivity contribution in [2.75, 3.05) is 33.3 Å². The average molecular weight is 415 g/mol. The van der Waals surface area contributed by atoms with E-state index in [1.54, 1.807) is 24.1 Å². The largest absolute Gasteiger partial charge is 0.497 e. The first kappa shape index (κ1) is 21.5. The molecule has 1 saturated heterocycles. The number of rotatable bonds is 7. The van der Waals surface area contributed by atoms with Crippen molar-refractivity contribution in [3.63, 3.8) is 0 Å². The summed E-state index contributed by atoms with van der Waals surface area (Å²) >= 11 is 0. The first-order valence-corrected chi connectivity index (χ1v) is 9.59. The summed E-state index contributed by atoms with van der Waals surface area (Å²) in [5, 5.41) is 9.64. The van der Waals surface area contributed by atoms with Crippen molar-refractivity contribution < 1.29 is 23.0 Å². The van der Waals surface area contributed by atoms with Crippen LogP contribution in [0.2, 0.25) is 0 Å². The number of alkyl halides is 2. The molecule has 1 heterocycles. The predicted octanol–water partition coefficient (Wildman–Crippen LogP) is 3.25. The Morgan fingerprint density at radius 3 is 2.17 bits per heavy atom. The molecule has 8 heteroatoms. The van der Waals surface area contributed by atoms with Gasteiger partial charge in [-0.3, -0.25) is 9.69 Å². The molecule has 1 aliphatic rings. The van der Waals surface area contributed by atoms with Crippen molar-refractivity contribution in [3.8, 4) is 17.6 Å². The number of benzene rings is 2. The predicted molar refractivity (Wildman–Crippen MR) is 106 cm³/mol. The Labute approximate surface area is 174 Å². The number of nitrogens with zero attached hydrogens (tertiary/aromatic N) is 3. The zero-order valence-corrected chi connectivity index (χ0v) is 16.6. The lowest BCUT2D eigenvalue weighted by Gasteiger charge is -2.37. The van der Waals surface area contributed by atoms with E-state index in [1.165, 1.54) is 12.1 Å². The Morgan fingerprint density at radius 1 is 1.03 bits per heavy atom. The molecule has 158 valence electrons. The number of piperazine rings is 1. The first-order chi connectivity index (χ1) is 14.5. The standard InChI is InChI=1S/C22H23F2N3O3/c1-29-18-8-4-17(5-9-18)20(15-25)26-10-12-27(13-11-26)21(28)14-16-2-6-19(7-3-16)30-22(23)24/h2-9,20,22H,10-14H2,1H3. The van der Waals surface area contributed by atoms with Crippen molar-refractivity contribution in [1.29, 1.82) is 5.26 Å². The van der Waals surface area contributed by atoms with Gasteiger partial charge in [0.25, 0.3) is 0 Å². The van der Waals surface area contributed by atoms with Gasteiger partial charge < -0.3 is 14.4 Å². The van der Waals surface area contributed by atoms with Crippen molar-refractivity contribution in [2.24, 2.45) is 0 Å². The lowest BCUT2D eigenvalue weighted by atomic mass is 10.1. The van der Waals surface area contributed by atoms with Gasteiger partial charge in [-0.25, -0.2) is 0 Å². The highest BCUT2D eigenvalue weighted by atomic mass is 19.3. The number of carbonyl (C=O) groups excluding carboxylic acids is 1. The van der Waals surface area contributed by atoms with Gasteiger partial charge in [0.15, 0.2) is 0 Å². The molecule has 1 amide bonds. The van der Waals surface area contributed by atoms with Gasteiger partial charge in [0.1, 0.15) is 17.5 Å². The minimum Gasteiger partial charge on any atom is -0.497 e. The molecule has 6 nitrogen and oxygen atoms in total. The fourth-order valence-electron chi connectivity index (χ4n) is 3.46. The van der Waals surface area contributed by atoms with Crippen LogP contribution in [0.3, 0.4) is 0 Å². The Morgan fingerprint density at radius 2 is 1.63 bits per heavy atom. The smallest absolute Gasteiger partial charge is 0.387 e. The van der Waals surface area contributed by atoms with Gasteiger partial charge >= 0.3 is 6.61 Å². The van der Waals surface area contributed by atoms with Crippen LogP contribution in [-0.2, 0) is 11.2 Å². The van der Waals surface area contributed by atoms with Crippen LogP contribution >= 0.6 is 0 Å². The zero-order chi connectivity index (χ0) is 21.5. The maximum Gasteiger partial charge on any atom is 0.387 e. The number of ether oxygens (including phenoxy) is 2. The lowest BCUT2D eigenvalue weighted by molar-refractivity contribution is -0.132. The van der Waals surface area contributed by atoms with Crippen molar-refractivity contribution in [2.45, 2.75) is 19.1 Å². The molecule has 3 rings (SSSR count). The lowest BCUT2D eigenvalue weighted by Crippen LogP contribution is -2.49. The Kier molecular flexibility index (Phi) is 7.20. The molecule has 0 radical (unpaired) electrons. The molecule has 30 heavy (non-hydrogen) atoms. The molecular weight excluding hydrogens is 392 g/mol. The van der Waals surface area contributed by atoms with E-state index in [0.29, 0.717) is 26.2 Å². The molecule has 1 unspecified atom stereocenters. The van der Waals surface area contributed by atoms with Crippen LogP contribution in [0.15, 0.2) is 48.5 Å². The quantitative estimate of drug-likeness (QED) is 0.695. The minimum absolute atomic E-state index is 0.0323. The second-order valence-corrected chi connectivity index (χ2v) is 6.92. The number of methoxy groups -OCH3 is 1. The van der Waals surface area contributed by atoms with Gasteiger partial charge in [-0.1, -0.05) is 24.3 Å². The van der Waals surface area contributed by atoms with Crippen LogP contribution < -0.4 is 9.47 Å². The Hall–Kier alpha value is -3.18. The van der Waals surface area contributed by atoms with E-state index in [9.17, 15) is 18.8 Å². The van der Waals surface area contributed by atoms with Gasteiger partial charge in [-0.15, -0.1) is 0 Å². The summed E-state index contributed by atoms with van der Waals surface area (Å²) in [6.45, 7) is -0.627. The van der Waals surface area contributed by atoms with E-state index in [-0.39, 0.29) is 24.1 Å². The van der Waals surface area contributed by atoms with Gasteiger partial charge in [-0.2, -0.15) is 14.0 Å². The highest BCUT2D eigenvalue weighted by molar-refractivity contribution is 5.79. The van der Waals surface area contributed by atoms with Crippen LogP contribution in [0.1, 0.15) is 17.2 Å². The van der Waals surface area contributed by atoms with E-state index in [4.69, 9.17) is 4.74 Å². The van der Waals surface area contributed by atoms with Crippen LogP contribution in [0, 0.1) is 11.3 Å². The van der Waals surface area contributed by atoms with E-state index in [0.717, 1.165) is 16.9 Å². The number of carbonyl (C=O) groups is 1. The van der Waals surface area contributed by atoms with Crippen LogP contribution in [0.4, 0.5) is 8.78 Å². The third-order valence-electron chi connectivity index (χ3n) is 5.09. The van der Waals surface area contributed by atoms with Crippen molar-refractivity contribution in [1.82, 2.24) is 9.80 Å². The van der Waals surface area contributed by atoms with E-state index >= 15 is 0 Å². The molecule has 0 spiro atoms. The number of amides is 1. The Balaban J connectivity index is 1.53. The van der Waals surface area contributed by atoms with Crippen LogP contribution in [-0.4, -0.2) is 55.6 Å². The van der Waals surface area contributed by atoms with Gasteiger partial charge in [0, 0.05) is 26.2 Å². The topological polar surface area (TPSA) is 65.8 Å². The molecule has 2 aromatic rings. The molecule has 0 saturated carbocycles. The fourth-order valence-corrected chi connectivity index (χ4v) is 3.46. The van der Waals surface area contributed by atoms with Crippen LogP contribution in [0.25, 0.3) is 0 Å². The van der Waals surface area contributed by atoms with Gasteiger partial charge in [0.05, 0.1) is 19.6 Å². The summed E-state index contributed by atoms with van der Waals surface area (Å²) in [5.41, 5.74) is 1.63. The molecule has 0 aliphatic carbocycles. The van der Waals surface area contributed by atoms with Crippen molar-refractivity contribution >= 4 is 5.91 Å². The summed E-state index contributed by atoms with van der Waals surface area (Å²) < 4.78 is 33.9. The van der Waals surface area contributed by atoms with E-state index in [2.05, 4.69) is 15.7 Å². The molecule has 2 aromatic carbocycles. The summed E-state index contributed by atoms with van der Waals surface area (Å²) in [7, 11) is 1.60. The number of nitriles is 1. The summed E-state index contributed by atoms with van der Waals surface area (Å²) in [4.78, 5) is 16.4. The van der Waals surface area contributed by atoms with E-state index in [1.807, 2.05) is 24.3 Å². The third kappa shape index (κ3) is 5.45. The first-order valence-electron chi connectivity index (χ1n) is 9.59. The third-order valence-corrected chi connectivity index (χ3v) is 5.09. The van der Waals surface area contributed by atoms with E-state index < -0.39 is 6.61 Å². The minimum atomic E-state index is -2.87. The molecule has 0 aromatic heterocycles. The average Bonchev–Trinajstić information content (AvgIpc) is 2.76. The number of halogens is 2. The molecule has 0 N–H and O–H groups in total. The highest BCUT2D eigenvalue weighted by Crippen LogP contribution is 2.24. The molecule has 1 fully saturated rings. The van der Waals surface area contributed by atoms with Crippen LogP contribution in [0.5, 0.6) is 11.5 Å². The second-order valence-electron chi connectivity index (χ2n) is 6.92. The number of hydrogen-bond acceptors (Lipinski definition) is 5. The molecule has 1 atom stereocenters. The normalized spacial score (nSPS) is 15.5. The van der Waals surface area contributed by atoms with Crippen molar-refractivity contribution in [3.05, 3.63) is 59.7 Å².